The van der Waals surface area contributed by atoms with Crippen LogP contribution < -0.4 is 0 Å². The second kappa shape index (κ2) is 6.33. The minimum absolute atomic E-state index is 0.419. The van der Waals surface area contributed by atoms with Crippen LogP contribution in [0.3, 0.4) is 0 Å². The molecule has 4 heteroatoms. The molecular weight excluding hydrogens is 228 g/mol. The number of hydrogen-bond donors (Lipinski definition) is 1. The monoisotopic (exact) mass is 246 g/mol. The molecular formula is C14H18N2O2. The van der Waals surface area contributed by atoms with Gasteiger partial charge in [0.25, 0.3) is 0 Å². The number of aromatic nitrogens is 2. The molecule has 1 N–H and O–H groups in total. The third-order valence-electron chi connectivity index (χ3n) is 2.54. The highest BCUT2D eigenvalue weighted by molar-refractivity contribution is 5.57. The number of ether oxygens (including phenoxy) is 2. The van der Waals surface area contributed by atoms with Gasteiger partial charge >= 0.3 is 0 Å². The zero-order chi connectivity index (χ0) is 12.8. The van der Waals surface area contributed by atoms with Gasteiger partial charge in [0.15, 0.2) is 5.82 Å². The van der Waals surface area contributed by atoms with Crippen LogP contribution in [0.1, 0.15) is 26.0 Å². The molecule has 2 aromatic rings. The average Bonchev–Trinajstić information content (AvgIpc) is 2.89. The minimum atomic E-state index is -0.419. The van der Waals surface area contributed by atoms with Gasteiger partial charge in [-0.2, -0.15) is 0 Å². The van der Waals surface area contributed by atoms with E-state index in [9.17, 15) is 0 Å². The second-order valence-corrected chi connectivity index (χ2v) is 3.79. The highest BCUT2D eigenvalue weighted by Gasteiger charge is 2.15. The van der Waals surface area contributed by atoms with Gasteiger partial charge in [0, 0.05) is 13.2 Å². The van der Waals surface area contributed by atoms with Gasteiger partial charge in [0.2, 0.25) is 6.29 Å². The van der Waals surface area contributed by atoms with Crippen LogP contribution in [-0.4, -0.2) is 23.2 Å². The first kappa shape index (κ1) is 12.8. The van der Waals surface area contributed by atoms with Crippen LogP contribution in [0.4, 0.5) is 0 Å². The summed E-state index contributed by atoms with van der Waals surface area (Å²) in [4.78, 5) is 7.56. The van der Waals surface area contributed by atoms with Crippen molar-refractivity contribution in [3.63, 3.8) is 0 Å². The summed E-state index contributed by atoms with van der Waals surface area (Å²) in [5.41, 5.74) is 2.07. The summed E-state index contributed by atoms with van der Waals surface area (Å²) in [6, 6.07) is 10.1. The van der Waals surface area contributed by atoms with Crippen LogP contribution in [0, 0.1) is 0 Å². The van der Waals surface area contributed by atoms with Crippen molar-refractivity contribution >= 4 is 0 Å². The molecule has 18 heavy (non-hydrogen) atoms. The Balaban J connectivity index is 2.18. The van der Waals surface area contributed by atoms with Gasteiger partial charge in [0.1, 0.15) is 0 Å². The van der Waals surface area contributed by atoms with Crippen LogP contribution in [0.5, 0.6) is 0 Å². The molecule has 96 valence electrons. The van der Waals surface area contributed by atoms with Crippen LogP contribution in [0.15, 0.2) is 36.5 Å². The normalized spacial score (nSPS) is 11.1. The van der Waals surface area contributed by atoms with Gasteiger partial charge < -0.3 is 14.5 Å². The van der Waals surface area contributed by atoms with E-state index in [1.54, 1.807) is 6.20 Å². The van der Waals surface area contributed by atoms with Crippen molar-refractivity contribution < 1.29 is 9.47 Å². The zero-order valence-corrected chi connectivity index (χ0v) is 10.7. The lowest BCUT2D eigenvalue weighted by Gasteiger charge is -2.14. The molecule has 0 aliphatic carbocycles. The Morgan fingerprint density at radius 2 is 1.78 bits per heavy atom. The van der Waals surface area contributed by atoms with Crippen molar-refractivity contribution in [2.75, 3.05) is 13.2 Å². The van der Waals surface area contributed by atoms with E-state index in [4.69, 9.17) is 9.47 Å². The zero-order valence-electron chi connectivity index (χ0n) is 10.7. The smallest absolute Gasteiger partial charge is 0.217 e. The van der Waals surface area contributed by atoms with Gasteiger partial charge in [-0.05, 0) is 19.4 Å². The largest absolute Gasteiger partial charge is 0.346 e. The van der Waals surface area contributed by atoms with E-state index < -0.39 is 6.29 Å². The lowest BCUT2D eigenvalue weighted by atomic mass is 10.2. The number of hydrogen-bond acceptors (Lipinski definition) is 3. The summed E-state index contributed by atoms with van der Waals surface area (Å²) in [5, 5.41) is 0. The fraction of sp³-hybridized carbons (Fsp3) is 0.357. The van der Waals surface area contributed by atoms with E-state index in [1.807, 2.05) is 44.2 Å². The SMILES string of the molecule is CCOC(OCC)c1ncc(-c2ccccc2)[nH]1. The first-order valence-electron chi connectivity index (χ1n) is 6.18. The number of rotatable bonds is 6. The third kappa shape index (κ3) is 2.97. The summed E-state index contributed by atoms with van der Waals surface area (Å²) in [7, 11) is 0. The van der Waals surface area contributed by atoms with Crippen LogP contribution in [-0.2, 0) is 9.47 Å². The van der Waals surface area contributed by atoms with Crippen molar-refractivity contribution in [3.8, 4) is 11.3 Å². The molecule has 0 fully saturated rings. The Labute approximate surface area is 107 Å². The molecule has 0 amide bonds. The third-order valence-corrected chi connectivity index (χ3v) is 2.54. The van der Waals surface area contributed by atoms with Crippen molar-refractivity contribution in [3.05, 3.63) is 42.4 Å². The topological polar surface area (TPSA) is 47.1 Å². The summed E-state index contributed by atoms with van der Waals surface area (Å²) in [6.07, 6.45) is 1.38. The van der Waals surface area contributed by atoms with Crippen LogP contribution >= 0.6 is 0 Å². The fourth-order valence-electron chi connectivity index (χ4n) is 1.73. The van der Waals surface area contributed by atoms with Crippen molar-refractivity contribution in [1.82, 2.24) is 9.97 Å². The van der Waals surface area contributed by atoms with Crippen molar-refractivity contribution in [2.45, 2.75) is 20.1 Å². The molecule has 0 radical (unpaired) electrons. The van der Waals surface area contributed by atoms with E-state index in [0.29, 0.717) is 19.0 Å². The Morgan fingerprint density at radius 1 is 1.11 bits per heavy atom. The Kier molecular flexibility index (Phi) is 4.50. The van der Waals surface area contributed by atoms with Crippen LogP contribution in [0.25, 0.3) is 11.3 Å². The highest BCUT2D eigenvalue weighted by atomic mass is 16.7. The van der Waals surface area contributed by atoms with E-state index in [0.717, 1.165) is 11.3 Å². The molecule has 0 aliphatic heterocycles. The minimum Gasteiger partial charge on any atom is -0.346 e. The molecule has 2 rings (SSSR count). The van der Waals surface area contributed by atoms with Gasteiger partial charge in [0.05, 0.1) is 11.9 Å². The lowest BCUT2D eigenvalue weighted by molar-refractivity contribution is -0.144. The molecule has 0 aliphatic rings. The molecule has 0 spiro atoms. The van der Waals surface area contributed by atoms with Gasteiger partial charge in [-0.3, -0.25) is 0 Å². The van der Waals surface area contributed by atoms with Crippen molar-refractivity contribution in [2.24, 2.45) is 0 Å². The summed E-state index contributed by atoms with van der Waals surface area (Å²) < 4.78 is 11.0. The standard InChI is InChI=1S/C14H18N2O2/c1-3-17-14(18-4-2)13-15-10-12(16-13)11-8-6-5-7-9-11/h5-10,14H,3-4H2,1-2H3,(H,15,16). The first-order chi connectivity index (χ1) is 8.85. The predicted octanol–water partition coefficient (Wildman–Crippen LogP) is 3.15. The maximum atomic E-state index is 5.50. The first-order valence-corrected chi connectivity index (χ1v) is 6.18. The predicted molar refractivity (Wildman–Crippen MR) is 70.0 cm³/mol. The molecule has 0 saturated heterocycles. The highest BCUT2D eigenvalue weighted by Crippen LogP contribution is 2.21. The van der Waals surface area contributed by atoms with Crippen LogP contribution in [0.2, 0.25) is 0 Å². The summed E-state index contributed by atoms with van der Waals surface area (Å²) >= 11 is 0. The number of aromatic amines is 1. The van der Waals surface area contributed by atoms with Gasteiger partial charge in [-0.25, -0.2) is 4.98 Å². The Bertz CT molecular complexity index is 462. The van der Waals surface area contributed by atoms with E-state index in [1.165, 1.54) is 0 Å². The van der Waals surface area contributed by atoms with E-state index in [2.05, 4.69) is 9.97 Å². The Hall–Kier alpha value is -1.65. The maximum Gasteiger partial charge on any atom is 0.217 e. The van der Waals surface area contributed by atoms with Gasteiger partial charge in [-0.15, -0.1) is 0 Å². The molecule has 0 unspecified atom stereocenters. The fourth-order valence-corrected chi connectivity index (χ4v) is 1.73. The number of nitrogens with zero attached hydrogens (tertiary/aromatic N) is 1. The number of imidazole rings is 1. The molecule has 0 bridgehead atoms. The van der Waals surface area contributed by atoms with Crippen molar-refractivity contribution in [1.29, 1.82) is 0 Å². The lowest BCUT2D eigenvalue weighted by Crippen LogP contribution is -2.10. The molecule has 0 saturated carbocycles. The van der Waals surface area contributed by atoms with Gasteiger partial charge in [-0.1, -0.05) is 30.3 Å². The molecule has 0 atom stereocenters. The molecule has 1 heterocycles. The molecule has 1 aromatic heterocycles. The number of H-pyrrole nitrogens is 1. The quantitative estimate of drug-likeness (QED) is 0.796. The second-order valence-electron chi connectivity index (χ2n) is 3.79. The Morgan fingerprint density at radius 3 is 2.39 bits per heavy atom. The van der Waals surface area contributed by atoms with E-state index >= 15 is 0 Å². The van der Waals surface area contributed by atoms with E-state index in [-0.39, 0.29) is 0 Å². The average molecular weight is 246 g/mol. The maximum absolute atomic E-state index is 5.50. The molecule has 4 nitrogen and oxygen atoms in total. The summed E-state index contributed by atoms with van der Waals surface area (Å²) in [5.74, 6) is 0.706. The number of nitrogens with one attached hydrogen (secondary N) is 1. The molecule has 1 aromatic carbocycles. The number of benzene rings is 1. The summed E-state index contributed by atoms with van der Waals surface area (Å²) in [6.45, 7) is 5.05.